The monoisotopic (exact) mass is 530 g/mol. The van der Waals surface area contributed by atoms with Crippen molar-refractivity contribution >= 4 is 51.5 Å². The van der Waals surface area contributed by atoms with E-state index in [4.69, 9.17) is 11.5 Å². The molecule has 2 heterocycles. The maximum Gasteiger partial charge on any atom is 0.273 e. The first-order valence-corrected chi connectivity index (χ1v) is 13.4. The molecule has 1 fully saturated rings. The Morgan fingerprint density at radius 2 is 1.87 bits per heavy atom. The number of nitrogens with one attached hydrogen (secondary N) is 2. The molecule has 1 saturated carbocycles. The number of nitrogens with two attached hydrogens (primary N) is 2. The van der Waals surface area contributed by atoms with Crippen molar-refractivity contribution in [1.82, 2.24) is 14.7 Å². The highest BCUT2D eigenvalue weighted by atomic mass is 32.1. The average molecular weight is 531 g/mol. The van der Waals surface area contributed by atoms with Crippen LogP contribution >= 0.6 is 11.5 Å². The van der Waals surface area contributed by atoms with E-state index < -0.39 is 17.9 Å². The molecule has 5 rings (SSSR count). The van der Waals surface area contributed by atoms with Gasteiger partial charge in [-0.2, -0.15) is 4.37 Å². The second kappa shape index (κ2) is 10.3. The highest BCUT2D eigenvalue weighted by Gasteiger charge is 2.38. The van der Waals surface area contributed by atoms with Crippen LogP contribution in [0.15, 0.2) is 48.7 Å². The van der Waals surface area contributed by atoms with Crippen molar-refractivity contribution < 1.29 is 14.4 Å². The number of para-hydroxylation sites is 1. The van der Waals surface area contributed by atoms with Crippen LogP contribution in [0.2, 0.25) is 0 Å². The van der Waals surface area contributed by atoms with Gasteiger partial charge in [-0.3, -0.25) is 19.3 Å². The third-order valence-electron chi connectivity index (χ3n) is 7.11. The van der Waals surface area contributed by atoms with Gasteiger partial charge in [-0.1, -0.05) is 48.7 Å². The number of carbonyl (C=O) groups is 3. The van der Waals surface area contributed by atoms with Gasteiger partial charge in [0.05, 0.1) is 5.69 Å². The summed E-state index contributed by atoms with van der Waals surface area (Å²) in [5, 5.41) is 4.02. The standard InChI is InChI=1S/C28H30N6O3S/c1-15-11-12-21(16(2)13-15)34(28(37)25-22(29)23(26(30)35)33-38-25)24(27(36)32-17-7-3-4-8-17)19-14-31-20-10-6-5-9-18(19)20/h5-6,9-14,17,24,31H,3-4,7-8,29H2,1-2H3,(H2,30,35)(H,32,36)/t24-/m1/s1. The Bertz CT molecular complexity index is 1530. The number of primary amides is 1. The zero-order valence-corrected chi connectivity index (χ0v) is 22.1. The molecule has 196 valence electrons. The highest BCUT2D eigenvalue weighted by Crippen LogP contribution is 2.37. The van der Waals surface area contributed by atoms with Crippen LogP contribution in [0.25, 0.3) is 10.9 Å². The van der Waals surface area contributed by atoms with Crippen molar-refractivity contribution in [2.45, 2.75) is 51.6 Å². The minimum atomic E-state index is -1.01. The molecule has 0 aliphatic heterocycles. The van der Waals surface area contributed by atoms with Crippen molar-refractivity contribution in [3.63, 3.8) is 0 Å². The summed E-state index contributed by atoms with van der Waals surface area (Å²) in [6.07, 6.45) is 5.67. The second-order valence-electron chi connectivity index (χ2n) is 9.79. The number of anilines is 2. The fraction of sp³-hybridized carbons (Fsp3) is 0.286. The fourth-order valence-corrected chi connectivity index (χ4v) is 5.99. The molecule has 6 N–H and O–H groups in total. The molecule has 4 aromatic rings. The molecule has 2 aromatic heterocycles. The van der Waals surface area contributed by atoms with Crippen LogP contribution in [0, 0.1) is 13.8 Å². The summed E-state index contributed by atoms with van der Waals surface area (Å²) >= 11 is 0.801. The molecule has 3 amide bonds. The molecule has 1 atom stereocenters. The molecule has 0 saturated heterocycles. The lowest BCUT2D eigenvalue weighted by atomic mass is 9.99. The number of aryl methyl sites for hydroxylation is 2. The highest BCUT2D eigenvalue weighted by molar-refractivity contribution is 7.09. The topological polar surface area (TPSA) is 147 Å². The Kier molecular flexibility index (Phi) is 6.90. The predicted octanol–water partition coefficient (Wildman–Crippen LogP) is 4.37. The number of amides is 3. The number of aromatic nitrogens is 2. The number of H-pyrrole nitrogens is 1. The molecule has 2 aromatic carbocycles. The summed E-state index contributed by atoms with van der Waals surface area (Å²) in [5.74, 6) is -1.63. The van der Waals surface area contributed by atoms with E-state index in [9.17, 15) is 14.4 Å². The molecule has 1 aliphatic rings. The lowest BCUT2D eigenvalue weighted by molar-refractivity contribution is -0.123. The molecule has 0 unspecified atom stereocenters. The van der Waals surface area contributed by atoms with E-state index in [1.807, 2.05) is 56.3 Å². The first-order valence-electron chi connectivity index (χ1n) is 12.6. The van der Waals surface area contributed by atoms with Gasteiger partial charge in [0.15, 0.2) is 5.69 Å². The summed E-state index contributed by atoms with van der Waals surface area (Å²) in [4.78, 5) is 45.1. The maximum atomic E-state index is 14.3. The fourth-order valence-electron chi connectivity index (χ4n) is 5.25. The number of hydrogen-bond acceptors (Lipinski definition) is 6. The van der Waals surface area contributed by atoms with Gasteiger partial charge in [-0.15, -0.1) is 0 Å². The Morgan fingerprint density at radius 3 is 2.55 bits per heavy atom. The minimum Gasteiger partial charge on any atom is -0.395 e. The molecule has 9 nitrogen and oxygen atoms in total. The zero-order valence-electron chi connectivity index (χ0n) is 21.3. The number of nitrogens with zero attached hydrogens (tertiary/aromatic N) is 2. The van der Waals surface area contributed by atoms with Crippen LogP contribution in [0.1, 0.15) is 68.6 Å². The molecule has 38 heavy (non-hydrogen) atoms. The summed E-state index contributed by atoms with van der Waals surface area (Å²) in [6, 6.07) is 12.4. The summed E-state index contributed by atoms with van der Waals surface area (Å²) in [5.41, 5.74) is 15.3. The minimum absolute atomic E-state index is 0.0428. The number of rotatable bonds is 7. The number of carbonyl (C=O) groups excluding carboxylic acids is 3. The third kappa shape index (κ3) is 4.63. The van der Waals surface area contributed by atoms with E-state index in [1.165, 1.54) is 4.90 Å². The maximum absolute atomic E-state index is 14.3. The van der Waals surface area contributed by atoms with Crippen molar-refractivity contribution in [2.75, 3.05) is 10.6 Å². The van der Waals surface area contributed by atoms with Crippen LogP contribution in [-0.2, 0) is 4.79 Å². The quantitative estimate of drug-likeness (QED) is 0.280. The van der Waals surface area contributed by atoms with Crippen LogP contribution < -0.4 is 21.7 Å². The summed E-state index contributed by atoms with van der Waals surface area (Å²) < 4.78 is 4.04. The van der Waals surface area contributed by atoms with E-state index in [-0.39, 0.29) is 28.2 Å². The van der Waals surface area contributed by atoms with Crippen molar-refractivity contribution in [3.05, 3.63) is 75.9 Å². The molecule has 0 radical (unpaired) electrons. The van der Waals surface area contributed by atoms with Gasteiger partial charge in [-0.05, 0) is 55.9 Å². The Hall–Kier alpha value is -4.18. The number of benzene rings is 2. The Balaban J connectivity index is 1.71. The van der Waals surface area contributed by atoms with Gasteiger partial charge in [0.2, 0.25) is 5.91 Å². The van der Waals surface area contributed by atoms with Crippen molar-refractivity contribution in [2.24, 2.45) is 5.73 Å². The normalized spacial score (nSPS) is 14.5. The molecular weight excluding hydrogens is 500 g/mol. The third-order valence-corrected chi connectivity index (χ3v) is 7.96. The first-order chi connectivity index (χ1) is 18.3. The smallest absolute Gasteiger partial charge is 0.273 e. The SMILES string of the molecule is Cc1ccc(N(C(=O)c2snc(C(N)=O)c2N)[C@@H](C(=O)NC2CCCC2)c2c[nH]c3ccccc23)c(C)c1. The van der Waals surface area contributed by atoms with Crippen LogP contribution in [0.5, 0.6) is 0 Å². The van der Waals surface area contributed by atoms with Gasteiger partial charge in [0.1, 0.15) is 10.9 Å². The van der Waals surface area contributed by atoms with Gasteiger partial charge in [0, 0.05) is 34.4 Å². The largest absolute Gasteiger partial charge is 0.395 e. The van der Waals surface area contributed by atoms with Crippen LogP contribution in [0.3, 0.4) is 0 Å². The van der Waals surface area contributed by atoms with Gasteiger partial charge < -0.3 is 21.8 Å². The van der Waals surface area contributed by atoms with Gasteiger partial charge in [0.25, 0.3) is 11.8 Å². The van der Waals surface area contributed by atoms with Crippen LogP contribution in [-0.4, -0.2) is 33.1 Å². The number of fused-ring (bicyclic) bond motifs is 1. The molecule has 1 aliphatic carbocycles. The van der Waals surface area contributed by atoms with E-state index in [0.29, 0.717) is 11.3 Å². The summed E-state index contributed by atoms with van der Waals surface area (Å²) in [7, 11) is 0. The zero-order chi connectivity index (χ0) is 27.0. The number of nitrogen functional groups attached to an aromatic ring is 1. The average Bonchev–Trinajstić information content (AvgIpc) is 3.63. The van der Waals surface area contributed by atoms with Crippen LogP contribution in [0.4, 0.5) is 11.4 Å². The molecule has 0 spiro atoms. The molecule has 10 heteroatoms. The Morgan fingerprint density at radius 1 is 1.13 bits per heavy atom. The number of hydrogen-bond donors (Lipinski definition) is 4. The molecular formula is C28H30N6O3S. The second-order valence-corrected chi connectivity index (χ2v) is 10.6. The van der Waals surface area contributed by atoms with E-state index in [2.05, 4.69) is 14.7 Å². The Labute approximate surface area is 224 Å². The van der Waals surface area contributed by atoms with Crippen molar-refractivity contribution in [3.8, 4) is 0 Å². The van der Waals surface area contributed by atoms with Crippen molar-refractivity contribution in [1.29, 1.82) is 0 Å². The summed E-state index contributed by atoms with van der Waals surface area (Å²) in [6.45, 7) is 3.86. The number of aromatic amines is 1. The predicted molar refractivity (Wildman–Crippen MR) is 149 cm³/mol. The lowest BCUT2D eigenvalue weighted by Crippen LogP contribution is -2.46. The van der Waals surface area contributed by atoms with Gasteiger partial charge in [-0.25, -0.2) is 0 Å². The lowest BCUT2D eigenvalue weighted by Gasteiger charge is -2.33. The van der Waals surface area contributed by atoms with E-state index >= 15 is 0 Å². The van der Waals surface area contributed by atoms with E-state index in [1.54, 1.807) is 6.20 Å². The van der Waals surface area contributed by atoms with E-state index in [0.717, 1.165) is 59.2 Å². The van der Waals surface area contributed by atoms with Gasteiger partial charge >= 0.3 is 0 Å². The molecule has 0 bridgehead atoms. The first kappa shape index (κ1) is 25.5.